The number of hydrogen-bond donors (Lipinski definition) is 1. The number of likely N-dealkylation sites (tertiary alicyclic amines) is 1. The number of aromatic amines is 1. The minimum Gasteiger partial charge on any atom is -0.361 e. The molecule has 0 spiro atoms. The molecule has 1 unspecified atom stereocenters. The second kappa shape index (κ2) is 8.63. The van der Waals surface area contributed by atoms with Crippen LogP contribution in [0.2, 0.25) is 0 Å². The van der Waals surface area contributed by atoms with Gasteiger partial charge >= 0.3 is 0 Å². The number of rotatable bonds is 5. The van der Waals surface area contributed by atoms with Crippen molar-refractivity contribution >= 4 is 27.8 Å². The fourth-order valence-electron chi connectivity index (χ4n) is 5.67. The first-order chi connectivity index (χ1) is 18.2. The molecular weight excluding hydrogens is 458 g/mol. The number of hydrogen-bond acceptors (Lipinski definition) is 3. The van der Waals surface area contributed by atoms with Crippen LogP contribution in [0.4, 0.5) is 0 Å². The highest BCUT2D eigenvalue weighted by Crippen LogP contribution is 2.34. The van der Waals surface area contributed by atoms with Gasteiger partial charge in [-0.3, -0.25) is 4.79 Å². The maximum atomic E-state index is 12.6. The first-order valence-electron chi connectivity index (χ1n) is 13.0. The van der Waals surface area contributed by atoms with Crippen molar-refractivity contribution in [1.82, 2.24) is 19.4 Å². The number of benzene rings is 3. The lowest BCUT2D eigenvalue weighted by molar-refractivity contribution is -0.131. The van der Waals surface area contributed by atoms with Crippen molar-refractivity contribution in [3.8, 4) is 28.6 Å². The van der Waals surface area contributed by atoms with Crippen molar-refractivity contribution in [3.05, 3.63) is 78.5 Å². The van der Waals surface area contributed by atoms with Gasteiger partial charge in [0.2, 0.25) is 5.91 Å². The van der Waals surface area contributed by atoms with E-state index in [4.69, 9.17) is 4.98 Å². The van der Waals surface area contributed by atoms with E-state index in [1.165, 1.54) is 10.9 Å². The average molecular weight is 486 g/mol. The Labute approximate surface area is 215 Å². The van der Waals surface area contributed by atoms with Gasteiger partial charge in [0, 0.05) is 42.8 Å². The van der Waals surface area contributed by atoms with Crippen LogP contribution in [0.1, 0.15) is 24.8 Å². The third-order valence-corrected chi connectivity index (χ3v) is 7.87. The normalized spacial score (nSPS) is 17.5. The Bertz CT molecular complexity index is 1680. The second-order valence-electron chi connectivity index (χ2n) is 10.4. The van der Waals surface area contributed by atoms with Crippen molar-refractivity contribution in [2.75, 3.05) is 13.1 Å². The lowest BCUT2D eigenvalue weighted by atomic mass is 10.0. The lowest BCUT2D eigenvalue weighted by Crippen LogP contribution is -2.30. The summed E-state index contributed by atoms with van der Waals surface area (Å²) in [5.41, 5.74) is 7.01. The average Bonchev–Trinajstić information content (AvgIpc) is 3.33. The van der Waals surface area contributed by atoms with Gasteiger partial charge in [-0.05, 0) is 78.1 Å². The molecule has 6 nitrogen and oxygen atoms in total. The Morgan fingerprint density at radius 1 is 0.973 bits per heavy atom. The van der Waals surface area contributed by atoms with Gasteiger partial charge in [-0.1, -0.05) is 30.3 Å². The van der Waals surface area contributed by atoms with E-state index in [0.29, 0.717) is 17.4 Å². The molecular formula is C31H27N5O. The Morgan fingerprint density at radius 3 is 2.59 bits per heavy atom. The Hall–Kier alpha value is -4.37. The van der Waals surface area contributed by atoms with E-state index in [-0.39, 0.29) is 5.92 Å². The van der Waals surface area contributed by atoms with Crippen LogP contribution >= 0.6 is 0 Å². The zero-order valence-electron chi connectivity index (χ0n) is 20.5. The summed E-state index contributed by atoms with van der Waals surface area (Å²) in [6.07, 6.45) is 5.05. The van der Waals surface area contributed by atoms with Gasteiger partial charge in [0.25, 0.3) is 0 Å². The van der Waals surface area contributed by atoms with Gasteiger partial charge in [-0.15, -0.1) is 0 Å². The van der Waals surface area contributed by atoms with E-state index in [9.17, 15) is 10.1 Å². The summed E-state index contributed by atoms with van der Waals surface area (Å²) >= 11 is 0. The number of nitrogens with one attached hydrogen (secondary N) is 1. The van der Waals surface area contributed by atoms with Crippen LogP contribution in [0, 0.1) is 23.2 Å². The number of imidazole rings is 1. The smallest absolute Gasteiger partial charge is 0.225 e. The minimum absolute atomic E-state index is 0.262. The number of H-pyrrole nitrogens is 1. The molecule has 1 aliphatic carbocycles. The highest BCUT2D eigenvalue weighted by atomic mass is 16.2. The fourth-order valence-corrected chi connectivity index (χ4v) is 5.67. The van der Waals surface area contributed by atoms with Crippen molar-refractivity contribution in [2.24, 2.45) is 11.8 Å². The van der Waals surface area contributed by atoms with E-state index in [2.05, 4.69) is 69.1 Å². The summed E-state index contributed by atoms with van der Waals surface area (Å²) in [6.45, 7) is 2.42. The quantitative estimate of drug-likeness (QED) is 0.333. The number of nitriles is 1. The topological polar surface area (TPSA) is 77.7 Å². The summed E-state index contributed by atoms with van der Waals surface area (Å²) in [4.78, 5) is 22.9. The number of amides is 1. The first-order valence-corrected chi connectivity index (χ1v) is 13.0. The summed E-state index contributed by atoms with van der Waals surface area (Å²) in [7, 11) is 0. The monoisotopic (exact) mass is 485 g/mol. The summed E-state index contributed by atoms with van der Waals surface area (Å²) in [6, 6.07) is 25.1. The predicted octanol–water partition coefficient (Wildman–Crippen LogP) is 5.98. The fraction of sp³-hybridized carbons (Fsp3) is 0.258. The van der Waals surface area contributed by atoms with Crippen molar-refractivity contribution < 1.29 is 4.79 Å². The van der Waals surface area contributed by atoms with Gasteiger partial charge in [0.1, 0.15) is 5.82 Å². The van der Waals surface area contributed by atoms with Gasteiger partial charge in [-0.2, -0.15) is 5.26 Å². The molecule has 5 aromatic rings. The van der Waals surface area contributed by atoms with Crippen molar-refractivity contribution in [2.45, 2.75) is 25.8 Å². The predicted molar refractivity (Wildman–Crippen MR) is 145 cm³/mol. The number of fused-ring (bicyclic) bond motifs is 2. The summed E-state index contributed by atoms with van der Waals surface area (Å²) in [5.74, 6) is 1.87. The van der Waals surface area contributed by atoms with Crippen LogP contribution in [-0.2, 0) is 11.3 Å². The summed E-state index contributed by atoms with van der Waals surface area (Å²) < 4.78 is 2.26. The third kappa shape index (κ3) is 3.97. The number of carbonyl (C=O) groups excluding carboxylic acids is 1. The minimum atomic E-state index is 0.262. The van der Waals surface area contributed by atoms with E-state index < -0.39 is 0 Å². The Balaban J connectivity index is 1.23. The van der Waals surface area contributed by atoms with Gasteiger partial charge in [0.15, 0.2) is 0 Å². The lowest BCUT2D eigenvalue weighted by Gasteiger charge is -2.18. The second-order valence-corrected chi connectivity index (χ2v) is 10.4. The largest absolute Gasteiger partial charge is 0.361 e. The molecule has 2 aromatic heterocycles. The molecule has 0 bridgehead atoms. The van der Waals surface area contributed by atoms with Crippen molar-refractivity contribution in [3.63, 3.8) is 0 Å². The molecule has 1 amide bonds. The molecule has 1 saturated heterocycles. The van der Waals surface area contributed by atoms with Crippen LogP contribution in [0.3, 0.4) is 0 Å². The molecule has 1 atom stereocenters. The van der Waals surface area contributed by atoms with Crippen LogP contribution in [0.5, 0.6) is 0 Å². The molecule has 3 heterocycles. The van der Waals surface area contributed by atoms with E-state index >= 15 is 0 Å². The highest BCUT2D eigenvalue weighted by molar-refractivity contribution is 5.86. The zero-order chi connectivity index (χ0) is 24.9. The van der Waals surface area contributed by atoms with Gasteiger partial charge in [-0.25, -0.2) is 4.98 Å². The molecule has 2 aliphatic rings. The molecule has 0 radical (unpaired) electrons. The molecule has 6 heteroatoms. The van der Waals surface area contributed by atoms with Crippen LogP contribution < -0.4 is 0 Å². The summed E-state index contributed by atoms with van der Waals surface area (Å²) in [5, 5.41) is 10.7. The SMILES string of the molecule is N#Cc1ccc2nc(-c3ccc(-c4ccc5[nH]ccc5c4)cc3)n(CC3CCN(C(=O)C4CC4)C3)c2c1. The molecule has 37 heavy (non-hydrogen) atoms. The van der Waals surface area contributed by atoms with Gasteiger partial charge < -0.3 is 14.5 Å². The Kier molecular flexibility index (Phi) is 5.10. The first kappa shape index (κ1) is 21.9. The highest BCUT2D eigenvalue weighted by Gasteiger charge is 2.36. The maximum Gasteiger partial charge on any atom is 0.225 e. The van der Waals surface area contributed by atoms with E-state index in [1.54, 1.807) is 0 Å². The third-order valence-electron chi connectivity index (χ3n) is 7.87. The number of carbonyl (C=O) groups is 1. The Morgan fingerprint density at radius 2 is 1.78 bits per heavy atom. The van der Waals surface area contributed by atoms with Crippen LogP contribution in [0.15, 0.2) is 72.9 Å². The maximum absolute atomic E-state index is 12.6. The standard InChI is InChI=1S/C31H27N5O/c32-17-20-1-9-28-29(15-20)36(19-21-12-14-35(18-21)31(37)24-6-7-24)30(34-28)23-4-2-22(3-5-23)25-8-10-27-26(16-25)11-13-33-27/h1-5,8-11,13,15-16,21,24,33H,6-7,12,14,18-19H2. The number of nitrogens with zero attached hydrogens (tertiary/aromatic N) is 4. The number of aromatic nitrogens is 3. The van der Waals surface area contributed by atoms with E-state index in [1.807, 2.05) is 24.4 Å². The molecule has 2 fully saturated rings. The van der Waals surface area contributed by atoms with Crippen LogP contribution in [0.25, 0.3) is 44.5 Å². The van der Waals surface area contributed by atoms with E-state index in [0.717, 1.165) is 72.4 Å². The molecule has 1 N–H and O–H groups in total. The van der Waals surface area contributed by atoms with Crippen molar-refractivity contribution in [1.29, 1.82) is 5.26 Å². The molecule has 1 saturated carbocycles. The van der Waals surface area contributed by atoms with Crippen LogP contribution in [-0.4, -0.2) is 38.4 Å². The molecule has 3 aromatic carbocycles. The zero-order valence-corrected chi connectivity index (χ0v) is 20.5. The molecule has 7 rings (SSSR count). The molecule has 1 aliphatic heterocycles. The van der Waals surface area contributed by atoms with Gasteiger partial charge in [0.05, 0.1) is 22.7 Å². The molecule has 182 valence electrons.